The molecule has 0 saturated carbocycles. The number of Topliss-reactive ketones (excluding diaryl/α,β-unsaturated/α-hetero) is 1. The highest BCUT2D eigenvalue weighted by Gasteiger charge is 2.35. The number of hydrogen-bond acceptors (Lipinski definition) is 5. The van der Waals surface area contributed by atoms with Crippen LogP contribution in [0.15, 0.2) is 41.5 Å². The molecule has 1 N–H and O–H groups in total. The molecule has 1 amide bonds. The summed E-state index contributed by atoms with van der Waals surface area (Å²) in [5, 5.41) is 4.64. The van der Waals surface area contributed by atoms with Gasteiger partial charge in [0, 0.05) is 44.1 Å². The maximum Gasteiger partial charge on any atom is 0.258 e. The number of aromatic nitrogens is 4. The molecule has 1 fully saturated rings. The lowest BCUT2D eigenvalue weighted by molar-refractivity contribution is -0.142. The monoisotopic (exact) mass is 435 g/mol. The summed E-state index contributed by atoms with van der Waals surface area (Å²) in [5.41, 5.74) is 0.546. The molecule has 1 saturated heterocycles. The van der Waals surface area contributed by atoms with Crippen molar-refractivity contribution in [3.8, 4) is 0 Å². The summed E-state index contributed by atoms with van der Waals surface area (Å²) in [4.78, 5) is 47.4. The molecule has 0 spiro atoms. The van der Waals surface area contributed by atoms with Crippen molar-refractivity contribution < 1.29 is 9.59 Å². The number of H-pyrrole nitrogens is 1. The van der Waals surface area contributed by atoms with Gasteiger partial charge >= 0.3 is 0 Å². The number of ketones is 1. The van der Waals surface area contributed by atoms with Gasteiger partial charge in [-0.2, -0.15) is 5.10 Å². The van der Waals surface area contributed by atoms with Crippen LogP contribution in [0.2, 0.25) is 0 Å². The third-order valence-electron chi connectivity index (χ3n) is 6.37. The predicted octanol–water partition coefficient (Wildman–Crippen LogP) is 2.74. The number of rotatable bonds is 6. The highest BCUT2D eigenvalue weighted by molar-refractivity contribution is 5.97. The number of benzene rings is 1. The minimum Gasteiger partial charge on any atom is -0.342 e. The van der Waals surface area contributed by atoms with Crippen molar-refractivity contribution in [1.29, 1.82) is 0 Å². The summed E-state index contributed by atoms with van der Waals surface area (Å²) in [5.74, 6) is 0.706. The van der Waals surface area contributed by atoms with Crippen LogP contribution in [-0.2, 0) is 18.3 Å². The largest absolute Gasteiger partial charge is 0.342 e. The van der Waals surface area contributed by atoms with Gasteiger partial charge in [-0.25, -0.2) is 4.98 Å². The maximum absolute atomic E-state index is 13.2. The van der Waals surface area contributed by atoms with Gasteiger partial charge in [-0.15, -0.1) is 0 Å². The Kier molecular flexibility index (Phi) is 5.95. The van der Waals surface area contributed by atoms with Crippen LogP contribution in [0.5, 0.6) is 0 Å². The van der Waals surface area contributed by atoms with Crippen LogP contribution in [-0.4, -0.2) is 49.4 Å². The van der Waals surface area contributed by atoms with Gasteiger partial charge in [0.2, 0.25) is 5.91 Å². The van der Waals surface area contributed by atoms with E-state index in [1.165, 1.54) is 0 Å². The summed E-state index contributed by atoms with van der Waals surface area (Å²) in [6.45, 7) is 5.01. The molecule has 168 valence electrons. The molecule has 0 radical (unpaired) electrons. The van der Waals surface area contributed by atoms with Crippen molar-refractivity contribution >= 4 is 22.6 Å². The number of hydrogen-bond donors (Lipinski definition) is 1. The van der Waals surface area contributed by atoms with E-state index in [2.05, 4.69) is 15.1 Å². The molecule has 0 atom stereocenters. The zero-order chi connectivity index (χ0) is 22.9. The van der Waals surface area contributed by atoms with Gasteiger partial charge in [0.25, 0.3) is 5.56 Å². The minimum atomic E-state index is -0.593. The maximum atomic E-state index is 13.2. The van der Waals surface area contributed by atoms with Crippen LogP contribution in [0, 0.1) is 11.3 Å². The lowest BCUT2D eigenvalue weighted by Gasteiger charge is -2.36. The third-order valence-corrected chi connectivity index (χ3v) is 6.37. The lowest BCUT2D eigenvalue weighted by atomic mass is 9.84. The number of aryl methyl sites for hydroxylation is 2. The van der Waals surface area contributed by atoms with Gasteiger partial charge in [0.05, 0.1) is 22.7 Å². The van der Waals surface area contributed by atoms with E-state index >= 15 is 0 Å². The molecule has 8 nitrogen and oxygen atoms in total. The second kappa shape index (κ2) is 8.68. The number of nitrogens with zero attached hydrogens (tertiary/aromatic N) is 4. The number of carbonyl (C=O) groups excluding carboxylic acids is 2. The van der Waals surface area contributed by atoms with Crippen LogP contribution in [0.4, 0.5) is 0 Å². The highest BCUT2D eigenvalue weighted by Crippen LogP contribution is 2.29. The van der Waals surface area contributed by atoms with E-state index in [1.54, 1.807) is 30.2 Å². The summed E-state index contributed by atoms with van der Waals surface area (Å²) >= 11 is 0. The number of aromatic amines is 1. The topological polar surface area (TPSA) is 101 Å². The first-order valence-corrected chi connectivity index (χ1v) is 11.0. The number of fused-ring (bicyclic) bond motifs is 1. The lowest BCUT2D eigenvalue weighted by Crippen LogP contribution is -2.46. The van der Waals surface area contributed by atoms with Gasteiger partial charge in [0.15, 0.2) is 5.78 Å². The molecule has 1 aromatic carbocycles. The van der Waals surface area contributed by atoms with Crippen LogP contribution >= 0.6 is 0 Å². The van der Waals surface area contributed by atoms with E-state index in [4.69, 9.17) is 0 Å². The van der Waals surface area contributed by atoms with Crippen molar-refractivity contribution in [3.05, 3.63) is 58.4 Å². The molecule has 1 aliphatic heterocycles. The molecule has 1 aliphatic rings. The Morgan fingerprint density at radius 2 is 1.91 bits per heavy atom. The van der Waals surface area contributed by atoms with Crippen LogP contribution in [0.25, 0.3) is 10.9 Å². The second-order valence-corrected chi connectivity index (χ2v) is 9.25. The van der Waals surface area contributed by atoms with Crippen molar-refractivity contribution in [2.75, 3.05) is 13.1 Å². The van der Waals surface area contributed by atoms with Gasteiger partial charge in [-0.3, -0.25) is 19.1 Å². The van der Waals surface area contributed by atoms with E-state index in [1.807, 2.05) is 36.9 Å². The average Bonchev–Trinajstić information content (AvgIpc) is 3.23. The van der Waals surface area contributed by atoms with Gasteiger partial charge in [-0.05, 0) is 31.4 Å². The molecular weight excluding hydrogens is 406 g/mol. The van der Waals surface area contributed by atoms with Crippen LogP contribution < -0.4 is 5.56 Å². The van der Waals surface area contributed by atoms with Crippen LogP contribution in [0.3, 0.4) is 0 Å². The Morgan fingerprint density at radius 1 is 1.19 bits per heavy atom. The number of para-hydroxylation sites is 1. The molecule has 4 rings (SSSR count). The van der Waals surface area contributed by atoms with E-state index in [-0.39, 0.29) is 23.2 Å². The fourth-order valence-electron chi connectivity index (χ4n) is 4.35. The van der Waals surface area contributed by atoms with E-state index in [0.717, 1.165) is 0 Å². The Bertz CT molecular complexity index is 1200. The van der Waals surface area contributed by atoms with E-state index in [9.17, 15) is 14.4 Å². The molecule has 2 aromatic heterocycles. The Balaban J connectivity index is 1.36. The summed E-state index contributed by atoms with van der Waals surface area (Å²) in [6.07, 6.45) is 5.75. The van der Waals surface area contributed by atoms with Gasteiger partial charge in [0.1, 0.15) is 5.82 Å². The summed E-state index contributed by atoms with van der Waals surface area (Å²) in [7, 11) is 1.79. The third kappa shape index (κ3) is 4.49. The molecule has 3 aromatic rings. The predicted molar refractivity (Wildman–Crippen MR) is 121 cm³/mol. The number of amides is 1. The molecular formula is C24H29N5O3. The van der Waals surface area contributed by atoms with E-state index in [0.29, 0.717) is 61.1 Å². The fraction of sp³-hybridized carbons (Fsp3) is 0.458. The van der Waals surface area contributed by atoms with Crippen molar-refractivity contribution in [2.24, 2.45) is 18.4 Å². The van der Waals surface area contributed by atoms with Crippen molar-refractivity contribution in [1.82, 2.24) is 24.6 Å². The summed E-state index contributed by atoms with van der Waals surface area (Å²) in [6, 6.07) is 7.24. The molecule has 32 heavy (non-hydrogen) atoms. The van der Waals surface area contributed by atoms with Crippen molar-refractivity contribution in [2.45, 2.75) is 39.5 Å². The minimum absolute atomic E-state index is 0.0711. The smallest absolute Gasteiger partial charge is 0.258 e. The zero-order valence-corrected chi connectivity index (χ0v) is 18.8. The SMILES string of the molecule is Cn1cc(C(=O)C2CCN(C(=O)C(C)(C)CCc3nc4ccccc4c(=O)[nH]3)CC2)cn1. The molecule has 0 bridgehead atoms. The number of piperidine rings is 1. The van der Waals surface area contributed by atoms with Gasteiger partial charge < -0.3 is 9.88 Å². The first-order chi connectivity index (χ1) is 15.2. The quantitative estimate of drug-likeness (QED) is 0.600. The number of carbonyl (C=O) groups is 2. The first-order valence-electron chi connectivity index (χ1n) is 11.0. The summed E-state index contributed by atoms with van der Waals surface area (Å²) < 4.78 is 1.63. The zero-order valence-electron chi connectivity index (χ0n) is 18.8. The molecule has 0 aliphatic carbocycles. The van der Waals surface area contributed by atoms with E-state index < -0.39 is 5.41 Å². The first kappa shape index (κ1) is 21.9. The molecule has 8 heteroatoms. The Hall–Kier alpha value is -3.29. The Labute approximate surface area is 186 Å². The number of likely N-dealkylation sites (tertiary alicyclic amines) is 1. The normalized spacial score (nSPS) is 15.3. The Morgan fingerprint density at radius 3 is 2.59 bits per heavy atom. The second-order valence-electron chi connectivity index (χ2n) is 9.25. The number of nitrogens with one attached hydrogen (secondary N) is 1. The standard InChI is InChI=1S/C24H29N5O3/c1-24(2,11-8-20-26-19-7-5-4-6-18(19)22(31)27-20)23(32)29-12-9-16(10-13-29)21(30)17-14-25-28(3)15-17/h4-7,14-16H,8-13H2,1-3H3,(H,26,27,31). The average molecular weight is 436 g/mol. The van der Waals surface area contributed by atoms with Crippen LogP contribution in [0.1, 0.15) is 49.3 Å². The van der Waals surface area contributed by atoms with Crippen molar-refractivity contribution in [3.63, 3.8) is 0 Å². The van der Waals surface area contributed by atoms with Gasteiger partial charge in [-0.1, -0.05) is 26.0 Å². The molecule has 3 heterocycles. The fourth-order valence-corrected chi connectivity index (χ4v) is 4.35. The molecule has 0 unspecified atom stereocenters. The highest BCUT2D eigenvalue weighted by atomic mass is 16.2.